The molecule has 1 aromatic carbocycles. The van der Waals surface area contributed by atoms with Crippen molar-refractivity contribution in [1.82, 2.24) is 0 Å². The average Bonchev–Trinajstić information content (AvgIpc) is 3.16. The topological polar surface area (TPSA) is 111 Å². The average molecular weight is 279 g/mol. The summed E-state index contributed by atoms with van der Waals surface area (Å²) in [6.45, 7) is 2.10. The van der Waals surface area contributed by atoms with Crippen molar-refractivity contribution in [3.8, 4) is 5.75 Å². The summed E-state index contributed by atoms with van der Waals surface area (Å²) in [5, 5.41) is 22.6. The molecule has 108 valence electrons. The first-order valence-electron chi connectivity index (χ1n) is 6.31. The molecule has 0 aliphatic heterocycles. The van der Waals surface area contributed by atoms with Crippen LogP contribution in [0.1, 0.15) is 24.8 Å². The fourth-order valence-electron chi connectivity index (χ4n) is 2.16. The smallest absolute Gasteiger partial charge is 0.311 e. The zero-order valence-electron chi connectivity index (χ0n) is 11.2. The van der Waals surface area contributed by atoms with Gasteiger partial charge in [-0.1, -0.05) is 17.3 Å². The van der Waals surface area contributed by atoms with Crippen LogP contribution in [0.3, 0.4) is 0 Å². The van der Waals surface area contributed by atoms with Gasteiger partial charge in [-0.2, -0.15) is 0 Å². The van der Waals surface area contributed by atoms with E-state index in [2.05, 4.69) is 5.16 Å². The number of amidine groups is 1. The van der Waals surface area contributed by atoms with E-state index in [4.69, 9.17) is 15.7 Å². The predicted octanol–water partition coefficient (Wildman–Crippen LogP) is 2.20. The number of ether oxygens (including phenoxy) is 1. The molecule has 0 bridgehead atoms. The predicted molar refractivity (Wildman–Crippen MR) is 73.0 cm³/mol. The number of benzene rings is 1. The van der Waals surface area contributed by atoms with Crippen LogP contribution in [0.25, 0.3) is 0 Å². The fraction of sp³-hybridized carbons (Fsp3) is 0.462. The third-order valence-corrected chi connectivity index (χ3v) is 3.55. The summed E-state index contributed by atoms with van der Waals surface area (Å²) >= 11 is 0. The Labute approximate surface area is 116 Å². The lowest BCUT2D eigenvalue weighted by Crippen LogP contribution is -2.23. The largest absolute Gasteiger partial charge is 0.486 e. The Bertz CT molecular complexity index is 553. The second-order valence-corrected chi connectivity index (χ2v) is 5.24. The molecule has 0 atom stereocenters. The summed E-state index contributed by atoms with van der Waals surface area (Å²) in [6.07, 6.45) is 2.25. The molecule has 7 nitrogen and oxygen atoms in total. The molecular formula is C13H17N3O4. The fourth-order valence-corrected chi connectivity index (χ4v) is 2.16. The second kappa shape index (κ2) is 5.36. The van der Waals surface area contributed by atoms with E-state index in [-0.39, 0.29) is 16.9 Å². The van der Waals surface area contributed by atoms with Crippen molar-refractivity contribution in [2.45, 2.75) is 26.2 Å². The van der Waals surface area contributed by atoms with E-state index in [0.717, 1.165) is 18.4 Å². The Morgan fingerprint density at radius 2 is 2.30 bits per heavy atom. The molecule has 1 aliphatic carbocycles. The number of aryl methyl sites for hydroxylation is 1. The van der Waals surface area contributed by atoms with Crippen LogP contribution in [0.15, 0.2) is 23.4 Å². The van der Waals surface area contributed by atoms with Gasteiger partial charge in [0.1, 0.15) is 5.84 Å². The molecule has 7 heteroatoms. The van der Waals surface area contributed by atoms with Crippen molar-refractivity contribution in [3.63, 3.8) is 0 Å². The summed E-state index contributed by atoms with van der Waals surface area (Å²) in [6, 6.07) is 4.82. The lowest BCUT2D eigenvalue weighted by Gasteiger charge is -2.16. The molecule has 0 aromatic heterocycles. The highest BCUT2D eigenvalue weighted by Gasteiger charge is 2.44. The van der Waals surface area contributed by atoms with Crippen molar-refractivity contribution in [2.24, 2.45) is 16.3 Å². The van der Waals surface area contributed by atoms with E-state index in [1.54, 1.807) is 19.1 Å². The van der Waals surface area contributed by atoms with Gasteiger partial charge in [0.2, 0.25) is 0 Å². The van der Waals surface area contributed by atoms with E-state index >= 15 is 0 Å². The lowest BCUT2D eigenvalue weighted by atomic mass is 10.0. The van der Waals surface area contributed by atoms with Crippen LogP contribution in [-0.2, 0) is 0 Å². The number of nitro groups is 1. The highest BCUT2D eigenvalue weighted by atomic mass is 16.6. The van der Waals surface area contributed by atoms with Crippen LogP contribution >= 0.6 is 0 Å². The first kappa shape index (κ1) is 14.1. The van der Waals surface area contributed by atoms with Crippen LogP contribution in [0.2, 0.25) is 0 Å². The standard InChI is InChI=1S/C13H17N3O4/c1-9-3-2-4-10(16(18)19)12(9)20-8-13(5-6-13)7-11(14)15-17/h2-4,17H,5-8H2,1H3,(H2,14,15). The molecule has 1 fully saturated rings. The van der Waals surface area contributed by atoms with Crippen molar-refractivity contribution >= 4 is 11.5 Å². The van der Waals surface area contributed by atoms with Gasteiger partial charge in [-0.15, -0.1) is 0 Å². The zero-order chi connectivity index (χ0) is 14.8. The third-order valence-electron chi connectivity index (χ3n) is 3.55. The Balaban J connectivity index is 2.10. The summed E-state index contributed by atoms with van der Waals surface area (Å²) in [5.74, 6) is 0.452. The molecule has 0 heterocycles. The normalized spacial score (nSPS) is 16.8. The van der Waals surface area contributed by atoms with Crippen LogP contribution in [0.5, 0.6) is 5.75 Å². The lowest BCUT2D eigenvalue weighted by molar-refractivity contribution is -0.386. The zero-order valence-corrected chi connectivity index (χ0v) is 11.2. The molecule has 0 spiro atoms. The summed E-state index contributed by atoms with van der Waals surface area (Å²) in [5.41, 5.74) is 6.04. The van der Waals surface area contributed by atoms with Crippen molar-refractivity contribution < 1.29 is 14.9 Å². The molecule has 0 unspecified atom stereocenters. The number of oxime groups is 1. The van der Waals surface area contributed by atoms with Gasteiger partial charge in [0.15, 0.2) is 5.75 Å². The Kier molecular flexibility index (Phi) is 3.78. The Morgan fingerprint density at radius 3 is 2.85 bits per heavy atom. The van der Waals surface area contributed by atoms with E-state index in [9.17, 15) is 10.1 Å². The van der Waals surface area contributed by atoms with Gasteiger partial charge in [-0.05, 0) is 25.3 Å². The molecule has 20 heavy (non-hydrogen) atoms. The summed E-state index contributed by atoms with van der Waals surface area (Å²) in [4.78, 5) is 10.5. The number of rotatable bonds is 6. The number of para-hydroxylation sites is 1. The van der Waals surface area contributed by atoms with Gasteiger partial charge in [0.25, 0.3) is 0 Å². The minimum absolute atomic E-state index is 0.0374. The number of nitro benzene ring substituents is 1. The second-order valence-electron chi connectivity index (χ2n) is 5.24. The number of nitrogens with zero attached hydrogens (tertiary/aromatic N) is 2. The van der Waals surface area contributed by atoms with Gasteiger partial charge in [0.05, 0.1) is 11.5 Å². The third kappa shape index (κ3) is 2.98. The Hall–Kier alpha value is -2.31. The molecule has 1 saturated carbocycles. The number of hydrogen-bond donors (Lipinski definition) is 2. The molecule has 0 radical (unpaired) electrons. The SMILES string of the molecule is Cc1cccc([N+](=O)[O-])c1OCC1(C/C(N)=N/O)CC1. The van der Waals surface area contributed by atoms with Crippen LogP contribution in [0.4, 0.5) is 5.69 Å². The Morgan fingerprint density at radius 1 is 1.60 bits per heavy atom. The van der Waals surface area contributed by atoms with Gasteiger partial charge in [-0.25, -0.2) is 0 Å². The van der Waals surface area contributed by atoms with Gasteiger partial charge in [-0.3, -0.25) is 10.1 Å². The quantitative estimate of drug-likeness (QED) is 0.272. The maximum Gasteiger partial charge on any atom is 0.311 e. The van der Waals surface area contributed by atoms with Crippen molar-refractivity contribution in [1.29, 1.82) is 0 Å². The van der Waals surface area contributed by atoms with E-state index in [0.29, 0.717) is 18.8 Å². The molecular weight excluding hydrogens is 262 g/mol. The van der Waals surface area contributed by atoms with E-state index in [1.165, 1.54) is 6.07 Å². The molecule has 2 rings (SSSR count). The summed E-state index contributed by atoms with van der Waals surface area (Å²) < 4.78 is 5.67. The molecule has 3 N–H and O–H groups in total. The molecule has 0 saturated heterocycles. The van der Waals surface area contributed by atoms with Crippen LogP contribution in [-0.4, -0.2) is 22.6 Å². The van der Waals surface area contributed by atoms with E-state index < -0.39 is 4.92 Å². The van der Waals surface area contributed by atoms with Gasteiger partial charge in [0, 0.05) is 17.9 Å². The minimum atomic E-state index is -0.453. The number of nitrogens with two attached hydrogens (primary N) is 1. The maximum atomic E-state index is 11.0. The van der Waals surface area contributed by atoms with Crippen LogP contribution in [0, 0.1) is 22.5 Å². The van der Waals surface area contributed by atoms with Gasteiger partial charge >= 0.3 is 5.69 Å². The maximum absolute atomic E-state index is 11.0. The van der Waals surface area contributed by atoms with Gasteiger partial charge < -0.3 is 15.7 Å². The highest BCUT2D eigenvalue weighted by Crippen LogP contribution is 2.49. The van der Waals surface area contributed by atoms with Crippen molar-refractivity contribution in [2.75, 3.05) is 6.61 Å². The first-order valence-corrected chi connectivity index (χ1v) is 6.31. The molecule has 1 aliphatic rings. The van der Waals surface area contributed by atoms with Crippen molar-refractivity contribution in [3.05, 3.63) is 33.9 Å². The van der Waals surface area contributed by atoms with Crippen LogP contribution < -0.4 is 10.5 Å². The van der Waals surface area contributed by atoms with E-state index in [1.807, 2.05) is 0 Å². The summed E-state index contributed by atoms with van der Waals surface area (Å²) in [7, 11) is 0. The number of hydrogen-bond acceptors (Lipinski definition) is 5. The highest BCUT2D eigenvalue weighted by molar-refractivity contribution is 5.80. The minimum Gasteiger partial charge on any atom is -0.486 e. The first-order chi connectivity index (χ1) is 9.47. The molecule has 0 amide bonds. The molecule has 1 aromatic rings. The monoisotopic (exact) mass is 279 g/mol.